The van der Waals surface area contributed by atoms with Gasteiger partial charge >= 0.3 is 0 Å². The van der Waals surface area contributed by atoms with Crippen molar-refractivity contribution in [2.24, 2.45) is 0 Å². The molecule has 1 N–H and O–H groups in total. The topological polar surface area (TPSA) is 77.2 Å². The van der Waals surface area contributed by atoms with Gasteiger partial charge in [-0.1, -0.05) is 48.0 Å². The zero-order chi connectivity index (χ0) is 20.9. The molecule has 30 heavy (non-hydrogen) atoms. The van der Waals surface area contributed by atoms with Gasteiger partial charge < -0.3 is 14.5 Å². The minimum atomic E-state index is -0.647. The third-order valence-corrected chi connectivity index (χ3v) is 4.77. The molecule has 150 valence electrons. The largest absolute Gasteiger partial charge is 0.497 e. The van der Waals surface area contributed by atoms with Gasteiger partial charge in [-0.25, -0.2) is 0 Å². The summed E-state index contributed by atoms with van der Waals surface area (Å²) in [6, 6.07) is 22.8. The van der Waals surface area contributed by atoms with Crippen LogP contribution in [-0.4, -0.2) is 23.2 Å². The van der Waals surface area contributed by atoms with E-state index >= 15 is 0 Å². The first-order valence-electron chi connectivity index (χ1n) is 9.23. The lowest BCUT2D eigenvalue weighted by atomic mass is 10.1. The fourth-order valence-electron chi connectivity index (χ4n) is 2.97. The first-order chi connectivity index (χ1) is 14.6. The zero-order valence-corrected chi connectivity index (χ0v) is 16.8. The number of nitrogens with one attached hydrogen (secondary N) is 1. The highest BCUT2D eigenvalue weighted by Gasteiger charge is 2.24. The Labute approximate surface area is 178 Å². The number of amides is 1. The van der Waals surface area contributed by atoms with Gasteiger partial charge in [-0.3, -0.25) is 4.79 Å². The second kappa shape index (κ2) is 8.80. The summed E-state index contributed by atoms with van der Waals surface area (Å²) in [5.74, 6) is 0.941. The van der Waals surface area contributed by atoms with Crippen molar-refractivity contribution in [3.63, 3.8) is 0 Å². The van der Waals surface area contributed by atoms with Crippen LogP contribution in [0.1, 0.15) is 27.9 Å². The van der Waals surface area contributed by atoms with E-state index < -0.39 is 6.04 Å². The van der Waals surface area contributed by atoms with Crippen molar-refractivity contribution in [2.75, 3.05) is 7.11 Å². The molecule has 0 bridgehead atoms. The number of aromatic nitrogens is 2. The van der Waals surface area contributed by atoms with Crippen molar-refractivity contribution in [2.45, 2.75) is 6.04 Å². The molecular formula is C23H18ClN3O3. The number of nitrogens with zero attached hydrogens (tertiary/aromatic N) is 2. The van der Waals surface area contributed by atoms with Crippen LogP contribution >= 0.6 is 11.6 Å². The van der Waals surface area contributed by atoms with Crippen molar-refractivity contribution in [3.8, 4) is 17.2 Å². The number of hydrogen-bond acceptors (Lipinski definition) is 5. The van der Waals surface area contributed by atoms with Crippen LogP contribution < -0.4 is 10.1 Å². The predicted octanol–water partition coefficient (Wildman–Crippen LogP) is 4.92. The summed E-state index contributed by atoms with van der Waals surface area (Å²) in [5.41, 5.74) is 2.01. The second-order valence-electron chi connectivity index (χ2n) is 6.50. The fourth-order valence-corrected chi connectivity index (χ4v) is 3.10. The molecule has 1 aromatic heterocycles. The maximum absolute atomic E-state index is 12.9. The summed E-state index contributed by atoms with van der Waals surface area (Å²) >= 11 is 6.03. The summed E-state index contributed by atoms with van der Waals surface area (Å²) in [4.78, 5) is 12.9. The number of ether oxygens (including phenoxy) is 1. The molecule has 0 fully saturated rings. The Hall–Kier alpha value is -3.64. The Morgan fingerprint density at radius 1 is 1.00 bits per heavy atom. The van der Waals surface area contributed by atoms with Gasteiger partial charge in [0.1, 0.15) is 11.8 Å². The molecule has 3 aromatic carbocycles. The zero-order valence-electron chi connectivity index (χ0n) is 16.1. The lowest BCUT2D eigenvalue weighted by molar-refractivity contribution is 0.0937. The van der Waals surface area contributed by atoms with Crippen LogP contribution in [0.4, 0.5) is 0 Å². The van der Waals surface area contributed by atoms with Crippen LogP contribution in [0.15, 0.2) is 83.3 Å². The second-order valence-corrected chi connectivity index (χ2v) is 6.94. The highest BCUT2D eigenvalue weighted by molar-refractivity contribution is 6.30. The van der Waals surface area contributed by atoms with E-state index in [-0.39, 0.29) is 11.8 Å². The van der Waals surface area contributed by atoms with Gasteiger partial charge in [-0.2, -0.15) is 0 Å². The summed E-state index contributed by atoms with van der Waals surface area (Å²) in [7, 11) is 1.55. The van der Waals surface area contributed by atoms with E-state index in [9.17, 15) is 4.79 Å². The maximum Gasteiger partial charge on any atom is 0.252 e. The molecule has 0 radical (unpaired) electrons. The van der Waals surface area contributed by atoms with Gasteiger partial charge in [0.2, 0.25) is 11.8 Å². The molecule has 4 rings (SSSR count). The number of halogens is 1. The lowest BCUT2D eigenvalue weighted by Gasteiger charge is -2.16. The molecule has 1 amide bonds. The van der Waals surface area contributed by atoms with Crippen molar-refractivity contribution in [1.29, 1.82) is 0 Å². The Kier molecular flexibility index (Phi) is 5.77. The van der Waals surface area contributed by atoms with Crippen LogP contribution in [0.25, 0.3) is 11.5 Å². The molecule has 6 nitrogen and oxygen atoms in total. The Morgan fingerprint density at radius 2 is 1.77 bits per heavy atom. The van der Waals surface area contributed by atoms with Crippen molar-refractivity contribution < 1.29 is 13.9 Å². The number of rotatable bonds is 6. The van der Waals surface area contributed by atoms with E-state index in [2.05, 4.69) is 15.5 Å². The average Bonchev–Trinajstić information content (AvgIpc) is 3.29. The standard InChI is InChI=1S/C23H18ClN3O3/c1-29-19-9-5-8-17(14-19)21(28)25-20(15-10-12-18(24)13-11-15)23-27-26-22(30-23)16-6-3-2-4-7-16/h2-14,20H,1H3,(H,25,28)/t20-/m0/s1. The van der Waals surface area contributed by atoms with Crippen LogP contribution in [0.5, 0.6) is 5.75 Å². The molecular weight excluding hydrogens is 402 g/mol. The van der Waals surface area contributed by atoms with Crippen LogP contribution in [0.2, 0.25) is 5.02 Å². The molecule has 0 aliphatic heterocycles. The number of carbonyl (C=O) groups is 1. The quantitative estimate of drug-likeness (QED) is 0.480. The first kappa shape index (κ1) is 19.7. The molecule has 1 atom stereocenters. The minimum absolute atomic E-state index is 0.271. The van der Waals surface area contributed by atoms with Crippen LogP contribution in [0.3, 0.4) is 0 Å². The molecule has 0 saturated carbocycles. The van der Waals surface area contributed by atoms with E-state index in [1.165, 1.54) is 0 Å². The number of methoxy groups -OCH3 is 1. The molecule has 7 heteroatoms. The SMILES string of the molecule is COc1cccc(C(=O)N[C@@H](c2ccc(Cl)cc2)c2nnc(-c3ccccc3)o2)c1. The van der Waals surface area contributed by atoms with Crippen molar-refractivity contribution in [3.05, 3.63) is 101 Å². The predicted molar refractivity (Wildman–Crippen MR) is 113 cm³/mol. The van der Waals surface area contributed by atoms with Crippen LogP contribution in [0, 0.1) is 0 Å². The summed E-state index contributed by atoms with van der Waals surface area (Å²) < 4.78 is 11.1. The molecule has 0 saturated heterocycles. The maximum atomic E-state index is 12.9. The Balaban J connectivity index is 1.67. The van der Waals surface area contributed by atoms with E-state index in [1.54, 1.807) is 43.5 Å². The van der Waals surface area contributed by atoms with Gasteiger partial charge in [0, 0.05) is 16.1 Å². The van der Waals surface area contributed by atoms with Gasteiger partial charge in [-0.05, 0) is 48.0 Å². The lowest BCUT2D eigenvalue weighted by Crippen LogP contribution is -2.29. The van der Waals surface area contributed by atoms with Crippen LogP contribution in [-0.2, 0) is 0 Å². The molecule has 0 aliphatic carbocycles. The average molecular weight is 420 g/mol. The normalized spacial score (nSPS) is 11.7. The first-order valence-corrected chi connectivity index (χ1v) is 9.61. The van der Waals surface area contributed by atoms with Gasteiger partial charge in [0.05, 0.1) is 7.11 Å². The summed E-state index contributed by atoms with van der Waals surface area (Å²) in [5, 5.41) is 11.9. The van der Waals surface area contributed by atoms with E-state index in [0.29, 0.717) is 22.2 Å². The number of benzene rings is 3. The van der Waals surface area contributed by atoms with E-state index in [0.717, 1.165) is 11.1 Å². The number of hydrogen-bond donors (Lipinski definition) is 1. The van der Waals surface area contributed by atoms with Crippen molar-refractivity contribution in [1.82, 2.24) is 15.5 Å². The molecule has 1 heterocycles. The molecule has 0 unspecified atom stereocenters. The highest BCUT2D eigenvalue weighted by atomic mass is 35.5. The molecule has 4 aromatic rings. The summed E-state index contributed by atoms with van der Waals surface area (Å²) in [6.45, 7) is 0. The van der Waals surface area contributed by atoms with Gasteiger partial charge in [-0.15, -0.1) is 10.2 Å². The minimum Gasteiger partial charge on any atom is -0.497 e. The monoisotopic (exact) mass is 419 g/mol. The van der Waals surface area contributed by atoms with Gasteiger partial charge in [0.25, 0.3) is 5.91 Å². The third kappa shape index (κ3) is 4.34. The Bertz CT molecular complexity index is 1140. The molecule has 0 spiro atoms. The third-order valence-electron chi connectivity index (χ3n) is 4.52. The Morgan fingerprint density at radius 3 is 2.50 bits per heavy atom. The van der Waals surface area contributed by atoms with Gasteiger partial charge in [0.15, 0.2) is 0 Å². The van der Waals surface area contributed by atoms with E-state index in [1.807, 2.05) is 42.5 Å². The fraction of sp³-hybridized carbons (Fsp3) is 0.0870. The van der Waals surface area contributed by atoms with E-state index in [4.69, 9.17) is 20.8 Å². The summed E-state index contributed by atoms with van der Waals surface area (Å²) in [6.07, 6.45) is 0. The van der Waals surface area contributed by atoms with Crippen molar-refractivity contribution >= 4 is 17.5 Å². The number of carbonyl (C=O) groups excluding carboxylic acids is 1. The smallest absolute Gasteiger partial charge is 0.252 e. The molecule has 0 aliphatic rings. The highest BCUT2D eigenvalue weighted by Crippen LogP contribution is 2.26.